The van der Waals surface area contributed by atoms with Gasteiger partial charge in [-0.3, -0.25) is 9.59 Å². The molecule has 3 aromatic rings. The third-order valence-electron chi connectivity index (χ3n) is 6.17. The maximum Gasteiger partial charge on any atom is 0.296 e. The summed E-state index contributed by atoms with van der Waals surface area (Å²) in [6, 6.07) is 10.9. The Labute approximate surface area is 201 Å². The van der Waals surface area contributed by atoms with Crippen molar-refractivity contribution in [3.8, 4) is 11.5 Å². The van der Waals surface area contributed by atoms with Gasteiger partial charge in [-0.05, 0) is 67.9 Å². The number of ether oxygens (including phenoxy) is 2. The van der Waals surface area contributed by atoms with E-state index in [1.807, 2.05) is 0 Å². The molecule has 3 heterocycles. The van der Waals surface area contributed by atoms with Crippen LogP contribution in [0.5, 0.6) is 11.5 Å². The third-order valence-corrected chi connectivity index (χ3v) is 6.40. The van der Waals surface area contributed by atoms with Gasteiger partial charge in [0.2, 0.25) is 0 Å². The average Bonchev–Trinajstić information content (AvgIpc) is 3.51. The predicted molar refractivity (Wildman–Crippen MR) is 126 cm³/mol. The van der Waals surface area contributed by atoms with Crippen LogP contribution < -0.4 is 14.8 Å². The minimum Gasteiger partial charge on any atom is -0.486 e. The predicted octanol–water partition coefficient (Wildman–Crippen LogP) is 3.35. The summed E-state index contributed by atoms with van der Waals surface area (Å²) in [6.07, 6.45) is 1.06. The molecule has 2 atom stereocenters. The van der Waals surface area contributed by atoms with E-state index in [2.05, 4.69) is 10.2 Å². The summed E-state index contributed by atoms with van der Waals surface area (Å²) >= 11 is 6.00. The number of carbonyl (C=O) groups is 2. The van der Waals surface area contributed by atoms with Crippen LogP contribution in [0.15, 0.2) is 46.9 Å². The number of nitrogens with one attached hydrogen (secondary N) is 1. The summed E-state index contributed by atoms with van der Waals surface area (Å²) in [6.45, 7) is 3.05. The van der Waals surface area contributed by atoms with E-state index in [0.717, 1.165) is 25.9 Å². The zero-order valence-electron chi connectivity index (χ0n) is 18.5. The quantitative estimate of drug-likeness (QED) is 0.391. The monoisotopic (exact) mass is 484 g/mol. The molecule has 0 saturated carbocycles. The van der Waals surface area contributed by atoms with Crippen LogP contribution in [-0.2, 0) is 4.79 Å². The fourth-order valence-electron chi connectivity index (χ4n) is 4.42. The third kappa shape index (κ3) is 4.75. The fraction of sp³-hybridized carbons (Fsp3) is 0.360. The van der Waals surface area contributed by atoms with Gasteiger partial charge in [-0.15, -0.1) is 0 Å². The first-order valence-corrected chi connectivity index (χ1v) is 11.7. The summed E-state index contributed by atoms with van der Waals surface area (Å²) in [5.41, 5.74) is 1.03. The second-order valence-electron chi connectivity index (χ2n) is 8.56. The lowest BCUT2D eigenvalue weighted by atomic mass is 10.0. The Kier molecular flexibility index (Phi) is 6.45. The van der Waals surface area contributed by atoms with Gasteiger partial charge in [0.25, 0.3) is 11.7 Å². The standard InChI is InChI=1S/C25H25ClN2O6/c26-17-4-6-19-16(11-17)13-22(34-19)24(30)25(31)27-18(14-28-7-1-2-8-28)23(29)15-3-5-20-21(12-15)33-10-9-32-20/h3-6,11-13,18,23,29H,1-2,7-10,14H2,(H,27,31). The number of halogens is 1. The van der Waals surface area contributed by atoms with E-state index in [-0.39, 0.29) is 5.76 Å². The molecule has 5 rings (SSSR count). The van der Waals surface area contributed by atoms with Gasteiger partial charge in [-0.25, -0.2) is 0 Å². The van der Waals surface area contributed by atoms with Crippen molar-refractivity contribution in [2.24, 2.45) is 0 Å². The number of aliphatic hydroxyl groups is 1. The van der Waals surface area contributed by atoms with Crippen molar-refractivity contribution in [1.82, 2.24) is 10.2 Å². The molecule has 1 fully saturated rings. The Hall–Kier alpha value is -3.07. The molecule has 0 spiro atoms. The number of ketones is 1. The van der Waals surface area contributed by atoms with Crippen molar-refractivity contribution < 1.29 is 28.6 Å². The minimum absolute atomic E-state index is 0.0801. The first-order valence-electron chi connectivity index (χ1n) is 11.3. The van der Waals surface area contributed by atoms with Crippen LogP contribution in [0.4, 0.5) is 0 Å². The largest absolute Gasteiger partial charge is 0.486 e. The van der Waals surface area contributed by atoms with Crippen molar-refractivity contribution in [1.29, 1.82) is 0 Å². The number of rotatable bonds is 7. The van der Waals surface area contributed by atoms with Crippen molar-refractivity contribution in [3.05, 3.63) is 58.8 Å². The van der Waals surface area contributed by atoms with E-state index in [1.54, 1.807) is 36.4 Å². The maximum absolute atomic E-state index is 12.9. The number of Topliss-reactive ketones (excluding diaryl/α,β-unsaturated/α-hetero) is 1. The molecule has 9 heteroatoms. The summed E-state index contributed by atoms with van der Waals surface area (Å²) in [5.74, 6) is -0.573. The number of fused-ring (bicyclic) bond motifs is 2. The normalized spacial score (nSPS) is 17.5. The van der Waals surface area contributed by atoms with Gasteiger partial charge >= 0.3 is 0 Å². The van der Waals surface area contributed by atoms with Crippen LogP contribution in [-0.4, -0.2) is 60.6 Å². The first kappa shape index (κ1) is 22.7. The van der Waals surface area contributed by atoms with Gasteiger partial charge in [0.15, 0.2) is 17.3 Å². The summed E-state index contributed by atoms with van der Waals surface area (Å²) in [5, 5.41) is 15.1. The van der Waals surface area contributed by atoms with Crippen molar-refractivity contribution in [3.63, 3.8) is 0 Å². The number of hydrogen-bond acceptors (Lipinski definition) is 7. The Balaban J connectivity index is 1.36. The van der Waals surface area contributed by atoms with Crippen molar-refractivity contribution >= 4 is 34.3 Å². The molecule has 2 unspecified atom stereocenters. The summed E-state index contributed by atoms with van der Waals surface area (Å²) in [7, 11) is 0. The molecular weight excluding hydrogens is 460 g/mol. The number of benzene rings is 2. The molecule has 2 aliphatic heterocycles. The van der Waals surface area contributed by atoms with Crippen LogP contribution in [0, 0.1) is 0 Å². The second-order valence-corrected chi connectivity index (χ2v) is 8.99. The topological polar surface area (TPSA) is 101 Å². The van der Waals surface area contributed by atoms with Gasteiger partial charge in [0.1, 0.15) is 24.9 Å². The fourth-order valence-corrected chi connectivity index (χ4v) is 4.60. The molecule has 0 radical (unpaired) electrons. The number of aliphatic hydroxyl groups excluding tert-OH is 1. The van der Waals surface area contributed by atoms with Crippen LogP contribution >= 0.6 is 11.6 Å². The van der Waals surface area contributed by atoms with Gasteiger partial charge in [0.05, 0.1) is 6.04 Å². The lowest BCUT2D eigenvalue weighted by molar-refractivity contribution is -0.118. The van der Waals surface area contributed by atoms with E-state index in [0.29, 0.717) is 52.8 Å². The van der Waals surface area contributed by atoms with E-state index < -0.39 is 23.8 Å². The SMILES string of the molecule is O=C(NC(CN1CCCC1)C(O)c1ccc2c(c1)OCCO2)C(=O)c1cc2cc(Cl)ccc2o1. The van der Waals surface area contributed by atoms with Crippen molar-refractivity contribution in [2.75, 3.05) is 32.8 Å². The number of likely N-dealkylation sites (tertiary alicyclic amines) is 1. The van der Waals surface area contributed by atoms with Crippen LogP contribution in [0.1, 0.15) is 35.1 Å². The molecule has 178 valence electrons. The zero-order valence-corrected chi connectivity index (χ0v) is 19.2. The van der Waals surface area contributed by atoms with Crippen LogP contribution in [0.3, 0.4) is 0 Å². The van der Waals surface area contributed by atoms with Gasteiger partial charge in [0, 0.05) is 17.0 Å². The Morgan fingerprint density at radius 3 is 2.59 bits per heavy atom. The molecule has 2 aromatic carbocycles. The van der Waals surface area contributed by atoms with E-state index in [4.69, 9.17) is 25.5 Å². The van der Waals surface area contributed by atoms with E-state index in [1.165, 1.54) is 6.07 Å². The molecule has 0 bridgehead atoms. The summed E-state index contributed by atoms with van der Waals surface area (Å²) in [4.78, 5) is 27.9. The number of hydrogen-bond donors (Lipinski definition) is 2. The molecule has 1 saturated heterocycles. The highest BCUT2D eigenvalue weighted by molar-refractivity contribution is 6.42. The van der Waals surface area contributed by atoms with Gasteiger partial charge in [-0.1, -0.05) is 17.7 Å². The highest BCUT2D eigenvalue weighted by Gasteiger charge is 2.31. The van der Waals surface area contributed by atoms with Crippen molar-refractivity contribution in [2.45, 2.75) is 25.0 Å². The Morgan fingerprint density at radius 2 is 1.79 bits per heavy atom. The number of carbonyl (C=O) groups excluding carboxylic acids is 2. The second kappa shape index (κ2) is 9.66. The molecule has 1 aromatic heterocycles. The van der Waals surface area contributed by atoms with E-state index in [9.17, 15) is 14.7 Å². The lowest BCUT2D eigenvalue weighted by Crippen LogP contribution is -2.48. The summed E-state index contributed by atoms with van der Waals surface area (Å²) < 4.78 is 16.7. The highest BCUT2D eigenvalue weighted by Crippen LogP contribution is 2.33. The highest BCUT2D eigenvalue weighted by atomic mass is 35.5. The molecule has 0 aliphatic carbocycles. The van der Waals surface area contributed by atoms with Gasteiger partial charge in [-0.2, -0.15) is 0 Å². The smallest absolute Gasteiger partial charge is 0.296 e. The zero-order chi connectivity index (χ0) is 23.7. The number of furan rings is 1. The first-order chi connectivity index (χ1) is 16.5. The molecule has 34 heavy (non-hydrogen) atoms. The molecule has 2 N–H and O–H groups in total. The lowest BCUT2D eigenvalue weighted by Gasteiger charge is -2.29. The number of nitrogens with zero attached hydrogens (tertiary/aromatic N) is 1. The van der Waals surface area contributed by atoms with Crippen LogP contribution in [0.25, 0.3) is 11.0 Å². The van der Waals surface area contributed by atoms with E-state index >= 15 is 0 Å². The average molecular weight is 485 g/mol. The maximum atomic E-state index is 12.9. The minimum atomic E-state index is -1.05. The molecular formula is C25H25ClN2O6. The molecule has 8 nitrogen and oxygen atoms in total. The Morgan fingerprint density at radius 1 is 1.03 bits per heavy atom. The van der Waals surface area contributed by atoms with Gasteiger partial charge < -0.3 is 29.2 Å². The Bertz CT molecular complexity index is 1220. The number of amides is 1. The molecule has 2 aliphatic rings. The molecule has 1 amide bonds. The van der Waals surface area contributed by atoms with Crippen LogP contribution in [0.2, 0.25) is 5.02 Å².